The Labute approximate surface area is 159 Å². The van der Waals surface area contributed by atoms with Gasteiger partial charge in [0.15, 0.2) is 5.76 Å². The average molecular weight is 377 g/mol. The summed E-state index contributed by atoms with van der Waals surface area (Å²) in [6.45, 7) is 2.10. The van der Waals surface area contributed by atoms with Gasteiger partial charge < -0.3 is 19.5 Å². The number of benzene rings is 1. The molecule has 0 unspecified atom stereocenters. The van der Waals surface area contributed by atoms with Crippen LogP contribution in [0.3, 0.4) is 0 Å². The van der Waals surface area contributed by atoms with Crippen LogP contribution in [0.2, 0.25) is 0 Å². The Morgan fingerprint density at radius 1 is 1.19 bits per heavy atom. The molecule has 0 aliphatic carbocycles. The van der Waals surface area contributed by atoms with Crippen LogP contribution < -0.4 is 0 Å². The minimum atomic E-state index is -0.521. The van der Waals surface area contributed by atoms with Gasteiger partial charge in [0.2, 0.25) is 6.29 Å². The third kappa shape index (κ3) is 5.53. The topological polar surface area (TPSA) is 59.0 Å². The van der Waals surface area contributed by atoms with Gasteiger partial charge in [0.25, 0.3) is 5.91 Å². The van der Waals surface area contributed by atoms with Crippen molar-refractivity contribution in [3.8, 4) is 0 Å². The van der Waals surface area contributed by atoms with E-state index in [1.807, 2.05) is 11.0 Å². The number of halogens is 1. The number of allylic oxidation sites excluding steroid dienone is 1. The molecular formula is C21H28FNO4. The maximum absolute atomic E-state index is 13.3. The van der Waals surface area contributed by atoms with E-state index in [2.05, 4.69) is 0 Å². The van der Waals surface area contributed by atoms with Gasteiger partial charge in [0.1, 0.15) is 5.82 Å². The van der Waals surface area contributed by atoms with Crippen LogP contribution in [-0.4, -0.2) is 48.5 Å². The van der Waals surface area contributed by atoms with Crippen molar-refractivity contribution in [2.75, 3.05) is 26.3 Å². The highest BCUT2D eigenvalue weighted by Gasteiger charge is 2.31. The zero-order valence-corrected chi connectivity index (χ0v) is 15.6. The number of hydrogen-bond acceptors (Lipinski definition) is 4. The first-order valence-electron chi connectivity index (χ1n) is 9.83. The van der Waals surface area contributed by atoms with Gasteiger partial charge in [-0.3, -0.25) is 4.79 Å². The highest BCUT2D eigenvalue weighted by Crippen LogP contribution is 2.32. The molecule has 0 spiro atoms. The lowest BCUT2D eigenvalue weighted by Crippen LogP contribution is -2.39. The number of ether oxygens (including phenoxy) is 2. The Bertz CT molecular complexity index is 640. The molecule has 27 heavy (non-hydrogen) atoms. The van der Waals surface area contributed by atoms with E-state index in [1.54, 1.807) is 12.1 Å². The molecular weight excluding hydrogens is 349 g/mol. The van der Waals surface area contributed by atoms with Gasteiger partial charge in [0, 0.05) is 32.0 Å². The SMILES string of the molecule is O=C(C1=C[C@H](c2ccc(F)cc2)C[C@H](OCCCCO)O1)N1CCCCC1. The number of unbranched alkanes of at least 4 members (excludes halogenated alkanes) is 1. The van der Waals surface area contributed by atoms with Crippen molar-refractivity contribution < 1.29 is 23.8 Å². The molecule has 6 heteroatoms. The lowest BCUT2D eigenvalue weighted by molar-refractivity contribution is -0.153. The zero-order valence-electron chi connectivity index (χ0n) is 15.6. The second kappa shape index (κ2) is 9.85. The summed E-state index contributed by atoms with van der Waals surface area (Å²) >= 11 is 0. The first kappa shape index (κ1) is 19.8. The van der Waals surface area contributed by atoms with Gasteiger partial charge in [-0.25, -0.2) is 4.39 Å². The predicted octanol–water partition coefficient (Wildman–Crippen LogP) is 3.34. The molecule has 1 saturated heterocycles. The smallest absolute Gasteiger partial charge is 0.288 e. The van der Waals surface area contributed by atoms with Crippen LogP contribution in [0, 0.1) is 5.82 Å². The average Bonchev–Trinajstić information content (AvgIpc) is 2.71. The molecule has 2 heterocycles. The summed E-state index contributed by atoms with van der Waals surface area (Å²) in [5, 5.41) is 8.90. The number of amides is 1. The van der Waals surface area contributed by atoms with Gasteiger partial charge in [0.05, 0.1) is 6.61 Å². The minimum absolute atomic E-state index is 0.0640. The van der Waals surface area contributed by atoms with E-state index in [9.17, 15) is 9.18 Å². The molecule has 5 nitrogen and oxygen atoms in total. The van der Waals surface area contributed by atoms with Crippen molar-refractivity contribution in [1.82, 2.24) is 4.90 Å². The van der Waals surface area contributed by atoms with Gasteiger partial charge >= 0.3 is 0 Å². The number of aliphatic hydroxyl groups excluding tert-OH is 1. The quantitative estimate of drug-likeness (QED) is 0.741. The largest absolute Gasteiger partial charge is 0.459 e. The predicted molar refractivity (Wildman–Crippen MR) is 99.4 cm³/mol. The second-order valence-electron chi connectivity index (χ2n) is 7.13. The normalized spacial score (nSPS) is 22.9. The van der Waals surface area contributed by atoms with Gasteiger partial charge in [-0.1, -0.05) is 12.1 Å². The lowest BCUT2D eigenvalue weighted by atomic mass is 9.92. The van der Waals surface area contributed by atoms with Crippen LogP contribution in [0.15, 0.2) is 36.1 Å². The van der Waals surface area contributed by atoms with Gasteiger partial charge in [-0.15, -0.1) is 0 Å². The van der Waals surface area contributed by atoms with Crippen molar-refractivity contribution in [3.63, 3.8) is 0 Å². The Morgan fingerprint density at radius 2 is 1.93 bits per heavy atom. The number of carbonyl (C=O) groups excluding carboxylic acids is 1. The van der Waals surface area contributed by atoms with E-state index in [0.717, 1.165) is 44.3 Å². The van der Waals surface area contributed by atoms with E-state index >= 15 is 0 Å². The third-order valence-electron chi connectivity index (χ3n) is 5.07. The van der Waals surface area contributed by atoms with E-state index in [4.69, 9.17) is 14.6 Å². The maximum atomic E-state index is 13.3. The standard InChI is InChI=1S/C21H28FNO4/c22-18-8-6-16(7-9-18)17-14-19(21(25)23-10-2-1-3-11-23)27-20(15-17)26-13-5-4-12-24/h6-9,14,17,20,24H,1-5,10-13,15H2/t17-,20+/m0/s1. The van der Waals surface area contributed by atoms with Crippen molar-refractivity contribution in [2.45, 2.75) is 50.7 Å². The Kier molecular flexibility index (Phi) is 7.24. The Morgan fingerprint density at radius 3 is 2.63 bits per heavy atom. The molecule has 1 amide bonds. The van der Waals surface area contributed by atoms with Gasteiger partial charge in [-0.05, 0) is 55.9 Å². The fraction of sp³-hybridized carbons (Fsp3) is 0.571. The fourth-order valence-corrected chi connectivity index (χ4v) is 3.53. The zero-order chi connectivity index (χ0) is 19.1. The number of rotatable bonds is 7. The molecule has 0 radical (unpaired) electrons. The number of nitrogens with zero attached hydrogens (tertiary/aromatic N) is 1. The number of aliphatic hydroxyl groups is 1. The number of carbonyl (C=O) groups is 1. The summed E-state index contributed by atoms with van der Waals surface area (Å²) in [7, 11) is 0. The molecule has 1 N–H and O–H groups in total. The number of likely N-dealkylation sites (tertiary alicyclic amines) is 1. The Hall–Kier alpha value is -1.92. The molecule has 0 saturated carbocycles. The molecule has 2 aliphatic heterocycles. The van der Waals surface area contributed by atoms with E-state index in [0.29, 0.717) is 25.2 Å². The minimum Gasteiger partial charge on any atom is -0.459 e. The molecule has 2 aliphatic rings. The maximum Gasteiger partial charge on any atom is 0.288 e. The van der Waals surface area contributed by atoms with Gasteiger partial charge in [-0.2, -0.15) is 0 Å². The molecule has 1 fully saturated rings. The second-order valence-corrected chi connectivity index (χ2v) is 7.13. The van der Waals surface area contributed by atoms with Crippen LogP contribution in [0.1, 0.15) is 50.0 Å². The van der Waals surface area contributed by atoms with Crippen molar-refractivity contribution in [2.24, 2.45) is 0 Å². The Balaban J connectivity index is 1.73. The molecule has 1 aromatic carbocycles. The third-order valence-corrected chi connectivity index (χ3v) is 5.07. The monoisotopic (exact) mass is 377 g/mol. The van der Waals surface area contributed by atoms with Crippen molar-refractivity contribution in [3.05, 3.63) is 47.5 Å². The highest BCUT2D eigenvalue weighted by atomic mass is 19.1. The van der Waals surface area contributed by atoms with Crippen LogP contribution in [-0.2, 0) is 14.3 Å². The van der Waals surface area contributed by atoms with Crippen LogP contribution in [0.25, 0.3) is 0 Å². The molecule has 0 aromatic heterocycles. The van der Waals surface area contributed by atoms with E-state index in [-0.39, 0.29) is 24.2 Å². The lowest BCUT2D eigenvalue weighted by Gasteiger charge is -2.33. The first-order valence-corrected chi connectivity index (χ1v) is 9.83. The summed E-state index contributed by atoms with van der Waals surface area (Å²) in [5.41, 5.74) is 0.938. The molecule has 2 atom stereocenters. The van der Waals surface area contributed by atoms with E-state index in [1.165, 1.54) is 12.1 Å². The number of hydrogen-bond donors (Lipinski definition) is 1. The fourth-order valence-electron chi connectivity index (χ4n) is 3.53. The summed E-state index contributed by atoms with van der Waals surface area (Å²) in [6.07, 6.45) is 6.48. The highest BCUT2D eigenvalue weighted by molar-refractivity contribution is 5.91. The molecule has 148 valence electrons. The first-order chi connectivity index (χ1) is 13.2. The van der Waals surface area contributed by atoms with E-state index < -0.39 is 6.29 Å². The van der Waals surface area contributed by atoms with Crippen molar-refractivity contribution >= 4 is 5.91 Å². The van der Waals surface area contributed by atoms with Crippen LogP contribution >= 0.6 is 0 Å². The van der Waals surface area contributed by atoms with Crippen molar-refractivity contribution in [1.29, 1.82) is 0 Å². The van der Waals surface area contributed by atoms with Crippen LogP contribution in [0.5, 0.6) is 0 Å². The molecule has 1 aromatic rings. The molecule has 3 rings (SSSR count). The summed E-state index contributed by atoms with van der Waals surface area (Å²) < 4.78 is 24.9. The number of piperidine rings is 1. The summed E-state index contributed by atoms with van der Waals surface area (Å²) in [6, 6.07) is 6.35. The summed E-state index contributed by atoms with van der Waals surface area (Å²) in [4.78, 5) is 14.7. The van der Waals surface area contributed by atoms with Crippen LogP contribution in [0.4, 0.5) is 4.39 Å². The molecule has 0 bridgehead atoms. The summed E-state index contributed by atoms with van der Waals surface area (Å²) in [5.74, 6) is -0.114.